The molecule has 1 aliphatic heterocycles. The molecule has 1 atom stereocenters. The molecule has 0 aromatic rings. The zero-order valence-electron chi connectivity index (χ0n) is 11.4. The van der Waals surface area contributed by atoms with Crippen molar-refractivity contribution < 1.29 is 9.53 Å². The Balaban J connectivity index is 2.25. The molecule has 0 aromatic carbocycles. The number of unbranched alkanes of at least 4 members (excludes halogenated alkanes) is 2. The van der Waals surface area contributed by atoms with Crippen LogP contribution in [0.5, 0.6) is 0 Å². The van der Waals surface area contributed by atoms with Gasteiger partial charge in [0.05, 0.1) is 12.7 Å². The standard InChI is InChI=1S/C13H26N2O2/c1-11(2)9-12-14-10-13(16)15(12)7-5-4-6-8-17-3/h11-12,14H,4-10H2,1-3H3. The summed E-state index contributed by atoms with van der Waals surface area (Å²) in [6.07, 6.45) is 4.59. The van der Waals surface area contributed by atoms with E-state index in [1.807, 2.05) is 4.90 Å². The summed E-state index contributed by atoms with van der Waals surface area (Å²) in [5.74, 6) is 0.872. The molecule has 1 fully saturated rings. The second-order valence-corrected chi connectivity index (χ2v) is 5.17. The Labute approximate surface area is 105 Å². The molecule has 100 valence electrons. The molecular weight excluding hydrogens is 216 g/mol. The predicted molar refractivity (Wildman–Crippen MR) is 68.7 cm³/mol. The largest absolute Gasteiger partial charge is 0.385 e. The highest BCUT2D eigenvalue weighted by Crippen LogP contribution is 2.15. The van der Waals surface area contributed by atoms with Gasteiger partial charge in [0.15, 0.2) is 0 Å². The van der Waals surface area contributed by atoms with E-state index in [-0.39, 0.29) is 12.1 Å². The number of methoxy groups -OCH3 is 1. The summed E-state index contributed by atoms with van der Waals surface area (Å²) in [6, 6.07) is 0. The summed E-state index contributed by atoms with van der Waals surface area (Å²) < 4.78 is 5.02. The number of nitrogens with zero attached hydrogens (tertiary/aromatic N) is 1. The van der Waals surface area contributed by atoms with Crippen LogP contribution in [0.4, 0.5) is 0 Å². The zero-order chi connectivity index (χ0) is 12.7. The number of hydrogen-bond donors (Lipinski definition) is 1. The quantitative estimate of drug-likeness (QED) is 0.657. The number of hydrogen-bond acceptors (Lipinski definition) is 3. The number of amides is 1. The summed E-state index contributed by atoms with van der Waals surface area (Å²) in [5, 5.41) is 3.29. The normalized spacial score (nSPS) is 20.6. The Morgan fingerprint density at radius 2 is 2.18 bits per heavy atom. The second-order valence-electron chi connectivity index (χ2n) is 5.17. The van der Waals surface area contributed by atoms with E-state index in [4.69, 9.17) is 4.74 Å². The van der Waals surface area contributed by atoms with E-state index in [9.17, 15) is 4.79 Å². The molecule has 0 aromatic heterocycles. The van der Waals surface area contributed by atoms with Crippen molar-refractivity contribution >= 4 is 5.91 Å². The fourth-order valence-corrected chi connectivity index (χ4v) is 2.23. The minimum absolute atomic E-state index is 0.252. The highest BCUT2D eigenvalue weighted by molar-refractivity contribution is 5.80. The van der Waals surface area contributed by atoms with E-state index in [2.05, 4.69) is 19.2 Å². The maximum atomic E-state index is 11.7. The molecule has 1 rings (SSSR count). The maximum absolute atomic E-state index is 11.7. The fourth-order valence-electron chi connectivity index (χ4n) is 2.23. The first kappa shape index (κ1) is 14.5. The first-order valence-corrected chi connectivity index (χ1v) is 6.67. The predicted octanol–water partition coefficient (Wildman–Crippen LogP) is 1.61. The third-order valence-corrected chi connectivity index (χ3v) is 3.13. The van der Waals surface area contributed by atoms with Gasteiger partial charge in [-0.3, -0.25) is 10.1 Å². The van der Waals surface area contributed by atoms with Crippen LogP contribution in [-0.2, 0) is 9.53 Å². The summed E-state index contributed by atoms with van der Waals surface area (Å²) in [5.41, 5.74) is 0. The van der Waals surface area contributed by atoms with Gasteiger partial charge >= 0.3 is 0 Å². The van der Waals surface area contributed by atoms with E-state index in [0.717, 1.165) is 38.8 Å². The van der Waals surface area contributed by atoms with Gasteiger partial charge in [-0.1, -0.05) is 13.8 Å². The van der Waals surface area contributed by atoms with Gasteiger partial charge in [-0.05, 0) is 31.6 Å². The number of carbonyl (C=O) groups is 1. The average molecular weight is 242 g/mol. The average Bonchev–Trinajstić information content (AvgIpc) is 2.60. The van der Waals surface area contributed by atoms with Gasteiger partial charge in [-0.25, -0.2) is 0 Å². The molecule has 0 bridgehead atoms. The van der Waals surface area contributed by atoms with Gasteiger partial charge in [-0.15, -0.1) is 0 Å². The SMILES string of the molecule is COCCCCCN1C(=O)CNC1CC(C)C. The third kappa shape index (κ3) is 5.04. The lowest BCUT2D eigenvalue weighted by Crippen LogP contribution is -2.39. The Morgan fingerprint density at radius 3 is 2.82 bits per heavy atom. The van der Waals surface area contributed by atoms with Gasteiger partial charge in [0.2, 0.25) is 5.91 Å². The van der Waals surface area contributed by atoms with E-state index in [1.54, 1.807) is 7.11 Å². The minimum Gasteiger partial charge on any atom is -0.385 e. The Hall–Kier alpha value is -0.610. The van der Waals surface area contributed by atoms with Crippen molar-refractivity contribution in [3.63, 3.8) is 0 Å². The van der Waals surface area contributed by atoms with Crippen LogP contribution in [0.3, 0.4) is 0 Å². The topological polar surface area (TPSA) is 41.6 Å². The van der Waals surface area contributed by atoms with Crippen molar-refractivity contribution in [3.05, 3.63) is 0 Å². The van der Waals surface area contributed by atoms with E-state index in [0.29, 0.717) is 12.5 Å². The molecule has 17 heavy (non-hydrogen) atoms. The Bertz CT molecular complexity index is 231. The smallest absolute Gasteiger partial charge is 0.237 e. The molecule has 4 heteroatoms. The fraction of sp³-hybridized carbons (Fsp3) is 0.923. The molecule has 1 amide bonds. The second kappa shape index (κ2) is 7.67. The summed E-state index contributed by atoms with van der Waals surface area (Å²) >= 11 is 0. The monoisotopic (exact) mass is 242 g/mol. The first-order chi connectivity index (χ1) is 8.15. The lowest BCUT2D eigenvalue weighted by molar-refractivity contribution is -0.128. The molecule has 0 radical (unpaired) electrons. The summed E-state index contributed by atoms with van der Waals surface area (Å²) in [4.78, 5) is 13.7. The third-order valence-electron chi connectivity index (χ3n) is 3.13. The van der Waals surface area contributed by atoms with Gasteiger partial charge in [0.25, 0.3) is 0 Å². The molecule has 4 nitrogen and oxygen atoms in total. The van der Waals surface area contributed by atoms with Crippen LogP contribution in [-0.4, -0.2) is 43.8 Å². The highest BCUT2D eigenvalue weighted by Gasteiger charge is 2.29. The summed E-state index contributed by atoms with van der Waals surface area (Å²) in [7, 11) is 1.73. The van der Waals surface area contributed by atoms with Crippen LogP contribution in [0, 0.1) is 5.92 Å². The number of nitrogens with one attached hydrogen (secondary N) is 1. The van der Waals surface area contributed by atoms with Crippen molar-refractivity contribution in [1.82, 2.24) is 10.2 Å². The van der Waals surface area contributed by atoms with Crippen LogP contribution < -0.4 is 5.32 Å². The minimum atomic E-state index is 0.252. The van der Waals surface area contributed by atoms with Gasteiger partial charge in [0, 0.05) is 20.3 Å². The summed E-state index contributed by atoms with van der Waals surface area (Å²) in [6.45, 7) is 6.60. The van der Waals surface area contributed by atoms with Crippen molar-refractivity contribution in [2.75, 3.05) is 26.8 Å². The van der Waals surface area contributed by atoms with Crippen molar-refractivity contribution in [1.29, 1.82) is 0 Å². The van der Waals surface area contributed by atoms with Crippen molar-refractivity contribution in [2.24, 2.45) is 5.92 Å². The molecule has 1 aliphatic rings. The van der Waals surface area contributed by atoms with Crippen LogP contribution in [0.15, 0.2) is 0 Å². The maximum Gasteiger partial charge on any atom is 0.237 e. The van der Waals surface area contributed by atoms with Crippen molar-refractivity contribution in [2.45, 2.75) is 45.7 Å². The van der Waals surface area contributed by atoms with Crippen LogP contribution in [0.25, 0.3) is 0 Å². The van der Waals surface area contributed by atoms with Crippen LogP contribution in [0.1, 0.15) is 39.5 Å². The zero-order valence-corrected chi connectivity index (χ0v) is 11.4. The Kier molecular flexibility index (Phi) is 6.52. The molecule has 0 saturated carbocycles. The van der Waals surface area contributed by atoms with Gasteiger partial charge in [0.1, 0.15) is 0 Å². The number of ether oxygens (including phenoxy) is 1. The van der Waals surface area contributed by atoms with E-state index in [1.165, 1.54) is 0 Å². The molecule has 1 unspecified atom stereocenters. The van der Waals surface area contributed by atoms with E-state index >= 15 is 0 Å². The number of carbonyl (C=O) groups excluding carboxylic acids is 1. The lowest BCUT2D eigenvalue weighted by atomic mass is 10.1. The molecule has 0 spiro atoms. The lowest BCUT2D eigenvalue weighted by Gasteiger charge is -2.25. The van der Waals surface area contributed by atoms with Crippen LogP contribution >= 0.6 is 0 Å². The highest BCUT2D eigenvalue weighted by atomic mass is 16.5. The van der Waals surface area contributed by atoms with Crippen LogP contribution in [0.2, 0.25) is 0 Å². The van der Waals surface area contributed by atoms with Gasteiger partial charge in [-0.2, -0.15) is 0 Å². The molecular formula is C13H26N2O2. The molecule has 1 N–H and O–H groups in total. The number of rotatable bonds is 8. The van der Waals surface area contributed by atoms with E-state index < -0.39 is 0 Å². The molecule has 0 aliphatic carbocycles. The molecule has 1 saturated heterocycles. The van der Waals surface area contributed by atoms with Gasteiger partial charge < -0.3 is 9.64 Å². The molecule has 1 heterocycles. The van der Waals surface area contributed by atoms with Crippen molar-refractivity contribution in [3.8, 4) is 0 Å². The first-order valence-electron chi connectivity index (χ1n) is 6.67. The Morgan fingerprint density at radius 1 is 1.41 bits per heavy atom.